The summed E-state index contributed by atoms with van der Waals surface area (Å²) in [5.74, 6) is 0.200. The van der Waals surface area contributed by atoms with E-state index in [4.69, 9.17) is 0 Å². The first-order valence-electron chi connectivity index (χ1n) is 9.63. The van der Waals surface area contributed by atoms with Crippen LogP contribution in [0.25, 0.3) is 20.7 Å². The molecule has 0 radical (unpaired) electrons. The van der Waals surface area contributed by atoms with Crippen LogP contribution in [0.15, 0.2) is 47.8 Å². The van der Waals surface area contributed by atoms with Gasteiger partial charge in [-0.05, 0) is 25.1 Å². The second-order valence-corrected chi connectivity index (χ2v) is 9.25. The third-order valence-electron chi connectivity index (χ3n) is 5.12. The monoisotopic (exact) mass is 412 g/mol. The molecule has 4 rings (SSSR count). The van der Waals surface area contributed by atoms with Gasteiger partial charge in [0.1, 0.15) is 16.2 Å². The highest BCUT2D eigenvalue weighted by molar-refractivity contribution is 8.00. The van der Waals surface area contributed by atoms with E-state index >= 15 is 0 Å². The molecule has 1 fully saturated rings. The highest BCUT2D eigenvalue weighted by Gasteiger charge is 2.26. The molecule has 0 unspecified atom stereocenters. The molecule has 3 heterocycles. The van der Waals surface area contributed by atoms with Crippen LogP contribution in [0.3, 0.4) is 0 Å². The molecule has 0 bridgehead atoms. The van der Waals surface area contributed by atoms with Crippen molar-refractivity contribution in [3.8, 4) is 10.4 Å². The zero-order chi connectivity index (χ0) is 19.5. The zero-order valence-corrected chi connectivity index (χ0v) is 17.8. The van der Waals surface area contributed by atoms with E-state index in [-0.39, 0.29) is 11.2 Å². The molecule has 0 spiro atoms. The van der Waals surface area contributed by atoms with Crippen molar-refractivity contribution in [3.05, 3.63) is 42.7 Å². The lowest BCUT2D eigenvalue weighted by Gasteiger charge is -2.35. The molecule has 5 nitrogen and oxygen atoms in total. The minimum atomic E-state index is -0.161. The Balaban J connectivity index is 1.51. The van der Waals surface area contributed by atoms with Crippen LogP contribution in [0.4, 0.5) is 0 Å². The molecule has 0 N–H and O–H groups in total. The number of carbonyl (C=O) groups excluding carboxylic acids is 1. The summed E-state index contributed by atoms with van der Waals surface area (Å²) in [4.78, 5) is 28.3. The Hall–Kier alpha value is -1.96. The summed E-state index contributed by atoms with van der Waals surface area (Å²) in [6, 6.07) is 12.5. The number of likely N-dealkylation sites (N-methyl/N-ethyl adjacent to an activating group) is 1. The van der Waals surface area contributed by atoms with Gasteiger partial charge in [0, 0.05) is 36.4 Å². The van der Waals surface area contributed by atoms with Gasteiger partial charge < -0.3 is 9.80 Å². The van der Waals surface area contributed by atoms with E-state index < -0.39 is 0 Å². The van der Waals surface area contributed by atoms with E-state index in [0.717, 1.165) is 48.0 Å². The van der Waals surface area contributed by atoms with Crippen molar-refractivity contribution in [3.63, 3.8) is 0 Å². The fourth-order valence-corrected chi connectivity index (χ4v) is 5.48. The van der Waals surface area contributed by atoms with Gasteiger partial charge in [-0.25, -0.2) is 9.97 Å². The number of rotatable bonds is 5. The molecular weight excluding hydrogens is 388 g/mol. The molecule has 28 heavy (non-hydrogen) atoms. The van der Waals surface area contributed by atoms with E-state index in [2.05, 4.69) is 40.0 Å². The van der Waals surface area contributed by atoms with Gasteiger partial charge in [0.25, 0.3) is 0 Å². The van der Waals surface area contributed by atoms with Crippen molar-refractivity contribution in [2.24, 2.45) is 0 Å². The standard InChI is InChI=1S/C21H24N4OS2/c1-3-24-9-11-25(12-10-24)21(26)15(2)27-19-17-13-18(16-7-5-4-6-8-16)28-20(17)23-14-22-19/h4-8,13-15H,3,9-12H2,1-2H3/t15-/m0/s1. The van der Waals surface area contributed by atoms with Crippen molar-refractivity contribution in [1.82, 2.24) is 19.8 Å². The second kappa shape index (κ2) is 8.59. The number of amides is 1. The Bertz CT molecular complexity index is 951. The first-order valence-corrected chi connectivity index (χ1v) is 11.3. The Morgan fingerprint density at radius 2 is 1.93 bits per heavy atom. The molecule has 7 heteroatoms. The number of piperazine rings is 1. The third kappa shape index (κ3) is 4.06. The van der Waals surface area contributed by atoms with Crippen molar-refractivity contribution in [2.45, 2.75) is 24.1 Å². The molecule has 3 aromatic rings. The maximum atomic E-state index is 12.9. The number of benzene rings is 1. The molecule has 1 amide bonds. The molecule has 2 aromatic heterocycles. The van der Waals surface area contributed by atoms with E-state index in [9.17, 15) is 4.79 Å². The van der Waals surface area contributed by atoms with Crippen molar-refractivity contribution in [1.29, 1.82) is 0 Å². The fraction of sp³-hybridized carbons (Fsp3) is 0.381. The number of hydrogen-bond acceptors (Lipinski definition) is 6. The summed E-state index contributed by atoms with van der Waals surface area (Å²) >= 11 is 3.21. The van der Waals surface area contributed by atoms with Gasteiger partial charge in [0.2, 0.25) is 5.91 Å². The topological polar surface area (TPSA) is 49.3 Å². The van der Waals surface area contributed by atoms with Crippen LogP contribution in [0.2, 0.25) is 0 Å². The van der Waals surface area contributed by atoms with Gasteiger partial charge in [-0.3, -0.25) is 4.79 Å². The van der Waals surface area contributed by atoms with Gasteiger partial charge in [0.05, 0.1) is 5.25 Å². The van der Waals surface area contributed by atoms with Crippen LogP contribution in [-0.2, 0) is 4.79 Å². The van der Waals surface area contributed by atoms with E-state index in [0.29, 0.717) is 0 Å². The lowest BCUT2D eigenvalue weighted by Crippen LogP contribution is -2.50. The van der Waals surface area contributed by atoms with Crippen molar-refractivity contribution >= 4 is 39.2 Å². The average molecular weight is 413 g/mol. The van der Waals surface area contributed by atoms with Gasteiger partial charge in [-0.1, -0.05) is 49.0 Å². The number of fused-ring (bicyclic) bond motifs is 1. The number of thioether (sulfide) groups is 1. The highest BCUT2D eigenvalue weighted by atomic mass is 32.2. The van der Waals surface area contributed by atoms with Gasteiger partial charge >= 0.3 is 0 Å². The molecule has 1 aliphatic rings. The fourth-order valence-electron chi connectivity index (χ4n) is 3.43. The van der Waals surface area contributed by atoms with E-state index in [1.165, 1.54) is 10.4 Å². The summed E-state index contributed by atoms with van der Waals surface area (Å²) in [7, 11) is 0. The highest BCUT2D eigenvalue weighted by Crippen LogP contribution is 2.37. The largest absolute Gasteiger partial charge is 0.339 e. The Morgan fingerprint density at radius 1 is 1.18 bits per heavy atom. The molecular formula is C21H24N4OS2. The van der Waals surface area contributed by atoms with Crippen LogP contribution in [0.5, 0.6) is 0 Å². The van der Waals surface area contributed by atoms with Crippen LogP contribution >= 0.6 is 23.1 Å². The van der Waals surface area contributed by atoms with Crippen LogP contribution in [0, 0.1) is 0 Å². The molecule has 1 saturated heterocycles. The molecule has 146 valence electrons. The summed E-state index contributed by atoms with van der Waals surface area (Å²) in [5.41, 5.74) is 1.18. The van der Waals surface area contributed by atoms with Crippen LogP contribution in [0.1, 0.15) is 13.8 Å². The maximum absolute atomic E-state index is 12.9. The smallest absolute Gasteiger partial charge is 0.235 e. The summed E-state index contributed by atoms with van der Waals surface area (Å²) in [6.45, 7) is 8.75. The van der Waals surface area contributed by atoms with E-state index in [1.807, 2.05) is 30.0 Å². The van der Waals surface area contributed by atoms with E-state index in [1.54, 1.807) is 29.4 Å². The molecule has 1 atom stereocenters. The predicted octanol–water partition coefficient (Wildman–Crippen LogP) is 4.00. The Kier molecular flexibility index (Phi) is 5.94. The maximum Gasteiger partial charge on any atom is 0.235 e. The predicted molar refractivity (Wildman–Crippen MR) is 117 cm³/mol. The normalized spacial score (nSPS) is 16.4. The number of aromatic nitrogens is 2. The summed E-state index contributed by atoms with van der Waals surface area (Å²) in [6.07, 6.45) is 1.60. The number of hydrogen-bond donors (Lipinski definition) is 0. The third-order valence-corrected chi connectivity index (χ3v) is 7.31. The van der Waals surface area contributed by atoms with Crippen molar-refractivity contribution in [2.75, 3.05) is 32.7 Å². The number of carbonyl (C=O) groups is 1. The average Bonchev–Trinajstić information content (AvgIpc) is 3.19. The quantitative estimate of drug-likeness (QED) is 0.468. The first kappa shape index (κ1) is 19.4. The molecule has 0 aliphatic carbocycles. The molecule has 1 aromatic carbocycles. The number of thiophene rings is 1. The van der Waals surface area contributed by atoms with Gasteiger partial charge in [0.15, 0.2) is 0 Å². The second-order valence-electron chi connectivity index (χ2n) is 6.89. The van der Waals surface area contributed by atoms with Crippen molar-refractivity contribution < 1.29 is 4.79 Å². The SMILES string of the molecule is CCN1CCN(C(=O)[C@H](C)Sc2ncnc3sc(-c4ccccc4)cc23)CC1. The minimum Gasteiger partial charge on any atom is -0.339 e. The first-order chi connectivity index (χ1) is 13.7. The summed E-state index contributed by atoms with van der Waals surface area (Å²) in [5, 5.41) is 1.76. The Morgan fingerprint density at radius 3 is 2.64 bits per heavy atom. The molecule has 0 saturated carbocycles. The van der Waals surface area contributed by atoms with Crippen LogP contribution < -0.4 is 0 Å². The molecule has 1 aliphatic heterocycles. The minimum absolute atomic E-state index is 0.161. The Labute approximate surface area is 173 Å². The van der Waals surface area contributed by atoms with Crippen LogP contribution in [-0.4, -0.2) is 63.6 Å². The zero-order valence-electron chi connectivity index (χ0n) is 16.2. The lowest BCUT2D eigenvalue weighted by atomic mass is 10.2. The summed E-state index contributed by atoms with van der Waals surface area (Å²) < 4.78 is 0. The van der Waals surface area contributed by atoms with Gasteiger partial charge in [-0.2, -0.15) is 0 Å². The lowest BCUT2D eigenvalue weighted by molar-refractivity contribution is -0.132. The number of nitrogens with zero attached hydrogens (tertiary/aromatic N) is 4. The van der Waals surface area contributed by atoms with Gasteiger partial charge in [-0.15, -0.1) is 11.3 Å².